The highest BCUT2D eigenvalue weighted by Crippen LogP contribution is 2.27. The number of hydrogen-bond acceptors (Lipinski definition) is 3. The van der Waals surface area contributed by atoms with Gasteiger partial charge in [0.25, 0.3) is 0 Å². The number of likely N-dealkylation sites (N-methyl/N-ethyl adjacent to an activating group) is 1. The Morgan fingerprint density at radius 1 is 0.833 bits per heavy atom. The van der Waals surface area contributed by atoms with E-state index in [-0.39, 0.29) is 5.91 Å². The molecule has 0 fully saturated rings. The number of furan rings is 1. The topological polar surface area (TPSA) is 36.7 Å². The molecule has 0 atom stereocenters. The SMILES string of the molecule is CCN(C(=O)CN(Cc1ccccc1)Cc1ccco1)c1cccc2ccccc12. The Morgan fingerprint density at radius 2 is 1.60 bits per heavy atom. The van der Waals surface area contributed by atoms with Gasteiger partial charge in [0.1, 0.15) is 5.76 Å². The van der Waals surface area contributed by atoms with Gasteiger partial charge in [0.05, 0.1) is 25.0 Å². The second-order valence-corrected chi connectivity index (χ2v) is 7.35. The number of carbonyl (C=O) groups excluding carboxylic acids is 1. The fourth-order valence-electron chi connectivity index (χ4n) is 3.83. The highest BCUT2D eigenvalue weighted by molar-refractivity contribution is 6.04. The van der Waals surface area contributed by atoms with Crippen LogP contribution in [0.4, 0.5) is 5.69 Å². The molecule has 1 heterocycles. The zero-order chi connectivity index (χ0) is 20.8. The molecule has 4 aromatic rings. The van der Waals surface area contributed by atoms with Gasteiger partial charge < -0.3 is 9.32 Å². The maximum absolute atomic E-state index is 13.4. The van der Waals surface area contributed by atoms with E-state index in [0.29, 0.717) is 26.2 Å². The molecule has 1 amide bonds. The molecule has 0 unspecified atom stereocenters. The van der Waals surface area contributed by atoms with Gasteiger partial charge in [0.2, 0.25) is 5.91 Å². The van der Waals surface area contributed by atoms with Gasteiger partial charge in [0.15, 0.2) is 0 Å². The highest BCUT2D eigenvalue weighted by Gasteiger charge is 2.20. The summed E-state index contributed by atoms with van der Waals surface area (Å²) in [6.45, 7) is 4.22. The van der Waals surface area contributed by atoms with Gasteiger partial charge in [0, 0.05) is 18.5 Å². The summed E-state index contributed by atoms with van der Waals surface area (Å²) in [6.07, 6.45) is 1.67. The third kappa shape index (κ3) is 4.61. The van der Waals surface area contributed by atoms with Crippen molar-refractivity contribution in [1.82, 2.24) is 4.90 Å². The fraction of sp³-hybridized carbons (Fsp3) is 0.192. The molecule has 0 saturated heterocycles. The van der Waals surface area contributed by atoms with Crippen LogP contribution in [0.2, 0.25) is 0 Å². The third-order valence-electron chi connectivity index (χ3n) is 5.24. The predicted molar refractivity (Wildman–Crippen MR) is 121 cm³/mol. The molecule has 0 radical (unpaired) electrons. The van der Waals surface area contributed by atoms with Crippen molar-refractivity contribution in [3.05, 3.63) is 103 Å². The summed E-state index contributed by atoms with van der Waals surface area (Å²) in [5, 5.41) is 2.23. The summed E-state index contributed by atoms with van der Waals surface area (Å²) >= 11 is 0. The molecule has 0 spiro atoms. The first-order valence-corrected chi connectivity index (χ1v) is 10.3. The van der Waals surface area contributed by atoms with E-state index in [1.165, 1.54) is 5.56 Å². The molecule has 0 N–H and O–H groups in total. The lowest BCUT2D eigenvalue weighted by Crippen LogP contribution is -2.40. The van der Waals surface area contributed by atoms with E-state index in [0.717, 1.165) is 22.2 Å². The van der Waals surface area contributed by atoms with Crippen LogP contribution in [0, 0.1) is 0 Å². The van der Waals surface area contributed by atoms with Gasteiger partial charge in [-0.3, -0.25) is 9.69 Å². The van der Waals surface area contributed by atoms with Crippen LogP contribution >= 0.6 is 0 Å². The van der Waals surface area contributed by atoms with Crippen LogP contribution in [-0.2, 0) is 17.9 Å². The van der Waals surface area contributed by atoms with Crippen LogP contribution in [0.5, 0.6) is 0 Å². The number of fused-ring (bicyclic) bond motifs is 1. The Bertz CT molecular complexity index is 1090. The average molecular weight is 399 g/mol. The summed E-state index contributed by atoms with van der Waals surface area (Å²) in [7, 11) is 0. The maximum atomic E-state index is 13.4. The van der Waals surface area contributed by atoms with Crippen LogP contribution in [0.1, 0.15) is 18.2 Å². The van der Waals surface area contributed by atoms with E-state index in [9.17, 15) is 4.79 Å². The molecule has 4 rings (SSSR count). The minimum absolute atomic E-state index is 0.0799. The summed E-state index contributed by atoms with van der Waals surface area (Å²) in [5.74, 6) is 0.934. The third-order valence-corrected chi connectivity index (χ3v) is 5.24. The number of hydrogen-bond donors (Lipinski definition) is 0. The van der Waals surface area contributed by atoms with E-state index in [1.807, 2.05) is 66.4 Å². The number of carbonyl (C=O) groups is 1. The molecular weight excluding hydrogens is 372 g/mol. The quantitative estimate of drug-likeness (QED) is 0.394. The minimum Gasteiger partial charge on any atom is -0.468 e. The monoisotopic (exact) mass is 398 g/mol. The number of rotatable bonds is 8. The van der Waals surface area contributed by atoms with Crippen LogP contribution in [-0.4, -0.2) is 23.9 Å². The van der Waals surface area contributed by atoms with Crippen molar-refractivity contribution in [2.75, 3.05) is 18.0 Å². The summed E-state index contributed by atoms with van der Waals surface area (Å²) in [5.41, 5.74) is 2.13. The van der Waals surface area contributed by atoms with Crippen LogP contribution < -0.4 is 4.90 Å². The predicted octanol–water partition coefficient (Wildman–Crippen LogP) is 5.49. The van der Waals surface area contributed by atoms with E-state index in [1.54, 1.807) is 6.26 Å². The van der Waals surface area contributed by atoms with Crippen molar-refractivity contribution in [1.29, 1.82) is 0 Å². The molecule has 0 bridgehead atoms. The van der Waals surface area contributed by atoms with Gasteiger partial charge >= 0.3 is 0 Å². The Balaban J connectivity index is 1.58. The molecule has 152 valence electrons. The summed E-state index contributed by atoms with van der Waals surface area (Å²) < 4.78 is 5.55. The molecular formula is C26H26N2O2. The van der Waals surface area contributed by atoms with Crippen LogP contribution in [0.15, 0.2) is 95.6 Å². The second kappa shape index (κ2) is 9.42. The van der Waals surface area contributed by atoms with Gasteiger partial charge in [-0.1, -0.05) is 66.7 Å². The molecule has 1 aromatic heterocycles. The first-order valence-electron chi connectivity index (χ1n) is 10.3. The van der Waals surface area contributed by atoms with Gasteiger partial charge in [-0.05, 0) is 36.1 Å². The lowest BCUT2D eigenvalue weighted by Gasteiger charge is -2.27. The van der Waals surface area contributed by atoms with Crippen molar-refractivity contribution >= 4 is 22.4 Å². The van der Waals surface area contributed by atoms with Crippen molar-refractivity contribution in [3.63, 3.8) is 0 Å². The van der Waals surface area contributed by atoms with Gasteiger partial charge in [-0.25, -0.2) is 0 Å². The smallest absolute Gasteiger partial charge is 0.241 e. The molecule has 0 aliphatic carbocycles. The second-order valence-electron chi connectivity index (χ2n) is 7.35. The molecule has 4 heteroatoms. The first kappa shape index (κ1) is 19.9. The lowest BCUT2D eigenvalue weighted by molar-refractivity contribution is -0.120. The van der Waals surface area contributed by atoms with Crippen LogP contribution in [0.3, 0.4) is 0 Å². The Kier molecular flexibility index (Phi) is 6.26. The summed E-state index contributed by atoms with van der Waals surface area (Å²) in [6, 6.07) is 28.4. The molecule has 4 nitrogen and oxygen atoms in total. The number of anilines is 1. The minimum atomic E-state index is 0.0799. The molecule has 0 saturated carbocycles. The fourth-order valence-corrected chi connectivity index (χ4v) is 3.83. The lowest BCUT2D eigenvalue weighted by atomic mass is 10.1. The Morgan fingerprint density at radius 3 is 2.37 bits per heavy atom. The van der Waals surface area contributed by atoms with Crippen molar-refractivity contribution in [2.45, 2.75) is 20.0 Å². The van der Waals surface area contributed by atoms with E-state index in [2.05, 4.69) is 35.2 Å². The molecule has 3 aromatic carbocycles. The number of nitrogens with zero attached hydrogens (tertiary/aromatic N) is 2. The van der Waals surface area contributed by atoms with E-state index >= 15 is 0 Å². The molecule has 0 aliphatic heterocycles. The zero-order valence-corrected chi connectivity index (χ0v) is 17.2. The van der Waals surface area contributed by atoms with Crippen LogP contribution in [0.25, 0.3) is 10.8 Å². The van der Waals surface area contributed by atoms with E-state index < -0.39 is 0 Å². The first-order chi connectivity index (χ1) is 14.7. The molecule has 30 heavy (non-hydrogen) atoms. The Labute approximate surface area is 177 Å². The largest absolute Gasteiger partial charge is 0.468 e. The van der Waals surface area contributed by atoms with Gasteiger partial charge in [-0.2, -0.15) is 0 Å². The highest BCUT2D eigenvalue weighted by atomic mass is 16.3. The number of amides is 1. The van der Waals surface area contributed by atoms with Crippen molar-refractivity contribution in [2.24, 2.45) is 0 Å². The normalized spacial score (nSPS) is 11.1. The van der Waals surface area contributed by atoms with Gasteiger partial charge in [-0.15, -0.1) is 0 Å². The summed E-state index contributed by atoms with van der Waals surface area (Å²) in [4.78, 5) is 17.4. The number of benzene rings is 3. The standard InChI is InChI=1S/C26H26N2O2/c1-2-28(25-16-8-13-22-12-6-7-15-24(22)25)26(29)20-27(19-23-14-9-17-30-23)18-21-10-4-3-5-11-21/h3-17H,2,18-20H2,1H3. The maximum Gasteiger partial charge on any atom is 0.241 e. The average Bonchev–Trinajstić information content (AvgIpc) is 3.28. The van der Waals surface area contributed by atoms with Crippen molar-refractivity contribution < 1.29 is 9.21 Å². The van der Waals surface area contributed by atoms with Crippen molar-refractivity contribution in [3.8, 4) is 0 Å². The zero-order valence-electron chi connectivity index (χ0n) is 17.2. The Hall–Kier alpha value is -3.37. The van der Waals surface area contributed by atoms with E-state index in [4.69, 9.17) is 4.42 Å². The molecule has 0 aliphatic rings.